The molecule has 2 fully saturated rings. The second-order valence-corrected chi connectivity index (χ2v) is 7.86. The lowest BCUT2D eigenvalue weighted by Crippen LogP contribution is -2.48. The van der Waals surface area contributed by atoms with Crippen LogP contribution in [0.4, 0.5) is 0 Å². The number of aromatic nitrogens is 2. The third kappa shape index (κ3) is 4.91. The smallest absolute Gasteiger partial charge is 0.253 e. The number of nitrogens with zero attached hydrogens (tertiary/aromatic N) is 3. The van der Waals surface area contributed by atoms with Crippen LogP contribution >= 0.6 is 0 Å². The van der Waals surface area contributed by atoms with Gasteiger partial charge in [0.1, 0.15) is 0 Å². The molecule has 6 heteroatoms. The van der Waals surface area contributed by atoms with E-state index >= 15 is 0 Å². The van der Waals surface area contributed by atoms with Crippen LogP contribution in [0.3, 0.4) is 0 Å². The van der Waals surface area contributed by atoms with Gasteiger partial charge in [-0.3, -0.25) is 14.2 Å². The van der Waals surface area contributed by atoms with Crippen LogP contribution in [0.15, 0.2) is 17.2 Å². The maximum absolute atomic E-state index is 12.2. The zero-order valence-corrected chi connectivity index (χ0v) is 15.4. The molecule has 0 saturated carbocycles. The zero-order valence-electron chi connectivity index (χ0n) is 15.4. The van der Waals surface area contributed by atoms with Crippen molar-refractivity contribution in [3.8, 4) is 0 Å². The number of hydrogen-bond donors (Lipinski definition) is 1. The van der Waals surface area contributed by atoms with E-state index in [-0.39, 0.29) is 17.4 Å². The van der Waals surface area contributed by atoms with Gasteiger partial charge in [0.25, 0.3) is 5.56 Å². The lowest BCUT2D eigenvalue weighted by molar-refractivity contribution is -0.123. The number of hydrogen-bond acceptors (Lipinski definition) is 4. The van der Waals surface area contributed by atoms with Crippen LogP contribution in [0.1, 0.15) is 57.6 Å². The molecule has 3 rings (SSSR count). The molecule has 2 aliphatic heterocycles. The minimum atomic E-state index is 0.0612. The van der Waals surface area contributed by atoms with Crippen LogP contribution < -0.4 is 10.9 Å². The molecule has 25 heavy (non-hydrogen) atoms. The minimum absolute atomic E-state index is 0.0612. The molecule has 0 aliphatic carbocycles. The van der Waals surface area contributed by atoms with Gasteiger partial charge in [-0.1, -0.05) is 13.8 Å². The van der Waals surface area contributed by atoms with Crippen LogP contribution in [0, 0.1) is 5.92 Å². The van der Waals surface area contributed by atoms with Crippen molar-refractivity contribution in [3.05, 3.63) is 28.4 Å². The first-order valence-corrected chi connectivity index (χ1v) is 9.59. The van der Waals surface area contributed by atoms with Crippen LogP contribution in [-0.4, -0.2) is 46.0 Å². The highest BCUT2D eigenvalue weighted by Gasteiger charge is 2.24. The fourth-order valence-electron chi connectivity index (χ4n) is 3.85. The van der Waals surface area contributed by atoms with Gasteiger partial charge in [0.2, 0.25) is 5.91 Å². The Kier molecular flexibility index (Phi) is 5.89. The molecule has 0 radical (unpaired) electrons. The molecule has 1 unspecified atom stereocenters. The molecule has 1 amide bonds. The fourth-order valence-corrected chi connectivity index (χ4v) is 3.85. The van der Waals surface area contributed by atoms with E-state index in [1.165, 1.54) is 0 Å². The molecule has 1 atom stereocenters. The van der Waals surface area contributed by atoms with Gasteiger partial charge >= 0.3 is 0 Å². The molecule has 0 spiro atoms. The standard InChI is InChI=1S/C19H30N4O2/c1-14(2)17-10-19(25)23(13-20-17)11-15-6-8-22(9-7-15)12-16-4-3-5-18(24)21-16/h10,13-16H,3-9,11-12H2,1-2H3,(H,21,24). The fraction of sp³-hybridized carbons (Fsp3) is 0.737. The van der Waals surface area contributed by atoms with Crippen LogP contribution in [-0.2, 0) is 11.3 Å². The number of rotatable bonds is 5. The van der Waals surface area contributed by atoms with Gasteiger partial charge < -0.3 is 10.2 Å². The lowest BCUT2D eigenvalue weighted by atomic mass is 9.95. The summed E-state index contributed by atoms with van der Waals surface area (Å²) in [6.45, 7) is 7.92. The Hall–Kier alpha value is -1.69. The first-order valence-electron chi connectivity index (χ1n) is 9.59. The van der Waals surface area contributed by atoms with Gasteiger partial charge in [0, 0.05) is 31.6 Å². The van der Waals surface area contributed by atoms with Gasteiger partial charge in [0.15, 0.2) is 0 Å². The van der Waals surface area contributed by atoms with E-state index in [4.69, 9.17) is 0 Å². The summed E-state index contributed by atoms with van der Waals surface area (Å²) in [5.74, 6) is 1.01. The highest BCUT2D eigenvalue weighted by molar-refractivity contribution is 5.76. The number of likely N-dealkylation sites (tertiary alicyclic amines) is 1. The Bertz CT molecular complexity index is 647. The van der Waals surface area contributed by atoms with E-state index in [1.807, 2.05) is 0 Å². The third-order valence-electron chi connectivity index (χ3n) is 5.45. The van der Waals surface area contributed by atoms with Crippen LogP contribution in [0.25, 0.3) is 0 Å². The molecule has 1 N–H and O–H groups in total. The average Bonchev–Trinajstić information content (AvgIpc) is 2.58. The van der Waals surface area contributed by atoms with Gasteiger partial charge in [-0.05, 0) is 50.6 Å². The van der Waals surface area contributed by atoms with E-state index in [2.05, 4.69) is 29.0 Å². The number of amides is 1. The van der Waals surface area contributed by atoms with Crippen molar-refractivity contribution in [1.82, 2.24) is 19.8 Å². The highest BCUT2D eigenvalue weighted by atomic mass is 16.1. The molecule has 0 aromatic carbocycles. The van der Waals surface area contributed by atoms with Gasteiger partial charge in [0.05, 0.1) is 12.0 Å². The summed E-state index contributed by atoms with van der Waals surface area (Å²) in [6.07, 6.45) is 6.68. The molecular formula is C19H30N4O2. The predicted octanol–water partition coefficient (Wildman–Crippen LogP) is 1.75. The Balaban J connectivity index is 1.48. The first kappa shape index (κ1) is 18.1. The molecule has 138 valence electrons. The van der Waals surface area contributed by atoms with E-state index in [1.54, 1.807) is 17.0 Å². The Morgan fingerprint density at radius 3 is 2.60 bits per heavy atom. The predicted molar refractivity (Wildman–Crippen MR) is 97.5 cm³/mol. The molecule has 2 aliphatic rings. The number of piperidine rings is 2. The van der Waals surface area contributed by atoms with Crippen molar-refractivity contribution in [1.29, 1.82) is 0 Å². The van der Waals surface area contributed by atoms with Crippen molar-refractivity contribution >= 4 is 5.91 Å². The second kappa shape index (κ2) is 8.13. The number of carbonyl (C=O) groups excluding carboxylic acids is 1. The normalized spacial score (nSPS) is 23.0. The summed E-state index contributed by atoms with van der Waals surface area (Å²) < 4.78 is 1.76. The quantitative estimate of drug-likeness (QED) is 0.882. The van der Waals surface area contributed by atoms with Crippen molar-refractivity contribution in [2.24, 2.45) is 5.92 Å². The third-order valence-corrected chi connectivity index (χ3v) is 5.45. The molecule has 1 aromatic heterocycles. The van der Waals surface area contributed by atoms with E-state index in [0.29, 0.717) is 18.4 Å². The maximum Gasteiger partial charge on any atom is 0.253 e. The lowest BCUT2D eigenvalue weighted by Gasteiger charge is -2.35. The first-order chi connectivity index (χ1) is 12.0. The summed E-state index contributed by atoms with van der Waals surface area (Å²) in [6, 6.07) is 1.99. The maximum atomic E-state index is 12.2. The summed E-state index contributed by atoms with van der Waals surface area (Å²) in [5, 5.41) is 3.10. The Morgan fingerprint density at radius 2 is 1.96 bits per heavy atom. The van der Waals surface area contributed by atoms with Crippen molar-refractivity contribution in [2.45, 2.75) is 64.5 Å². The highest BCUT2D eigenvalue weighted by Crippen LogP contribution is 2.20. The zero-order chi connectivity index (χ0) is 17.8. The van der Waals surface area contributed by atoms with Gasteiger partial charge in [-0.2, -0.15) is 0 Å². The summed E-state index contributed by atoms with van der Waals surface area (Å²) in [4.78, 5) is 30.6. The average molecular weight is 346 g/mol. The molecule has 6 nitrogen and oxygen atoms in total. The topological polar surface area (TPSA) is 67.2 Å². The van der Waals surface area contributed by atoms with Crippen LogP contribution in [0.2, 0.25) is 0 Å². The largest absolute Gasteiger partial charge is 0.352 e. The number of carbonyl (C=O) groups is 1. The SMILES string of the molecule is CC(C)c1cc(=O)n(CC2CCN(CC3CCCC(=O)N3)CC2)cn1. The molecule has 0 bridgehead atoms. The van der Waals surface area contributed by atoms with Crippen LogP contribution in [0.5, 0.6) is 0 Å². The summed E-state index contributed by atoms with van der Waals surface area (Å²) >= 11 is 0. The summed E-state index contributed by atoms with van der Waals surface area (Å²) in [7, 11) is 0. The molecular weight excluding hydrogens is 316 g/mol. The molecule has 1 aromatic rings. The summed E-state index contributed by atoms with van der Waals surface area (Å²) in [5.41, 5.74) is 0.927. The van der Waals surface area contributed by atoms with Gasteiger partial charge in [-0.15, -0.1) is 0 Å². The Morgan fingerprint density at radius 1 is 1.20 bits per heavy atom. The monoisotopic (exact) mass is 346 g/mol. The van der Waals surface area contributed by atoms with Crippen molar-refractivity contribution in [3.63, 3.8) is 0 Å². The number of nitrogens with one attached hydrogen (secondary N) is 1. The van der Waals surface area contributed by atoms with E-state index < -0.39 is 0 Å². The van der Waals surface area contributed by atoms with E-state index in [9.17, 15) is 9.59 Å². The van der Waals surface area contributed by atoms with E-state index in [0.717, 1.165) is 57.6 Å². The molecule has 2 saturated heterocycles. The van der Waals surface area contributed by atoms with Crippen molar-refractivity contribution in [2.75, 3.05) is 19.6 Å². The second-order valence-electron chi connectivity index (χ2n) is 7.86. The van der Waals surface area contributed by atoms with Gasteiger partial charge in [-0.25, -0.2) is 4.98 Å². The Labute approximate surface area is 149 Å². The van der Waals surface area contributed by atoms with Crippen molar-refractivity contribution < 1.29 is 4.79 Å². The minimum Gasteiger partial charge on any atom is -0.352 e. The molecule has 3 heterocycles.